The van der Waals surface area contributed by atoms with Gasteiger partial charge in [0.05, 0.1) is 12.7 Å². The minimum atomic E-state index is -0.443. The molecule has 1 rings (SSSR count). The van der Waals surface area contributed by atoms with Crippen LogP contribution in [0.5, 0.6) is 5.75 Å². The second-order valence-electron chi connectivity index (χ2n) is 4.76. The number of carbonyl (C=O) groups excluding carboxylic acids is 1. The van der Waals surface area contributed by atoms with Crippen LogP contribution in [-0.4, -0.2) is 18.4 Å². The molecule has 0 saturated carbocycles. The van der Waals surface area contributed by atoms with E-state index in [0.717, 1.165) is 0 Å². The van der Waals surface area contributed by atoms with Crippen LogP contribution >= 0.6 is 0 Å². The Hall–Kier alpha value is -1.42. The summed E-state index contributed by atoms with van der Waals surface area (Å²) in [5.74, 6) is -0.202. The van der Waals surface area contributed by atoms with E-state index in [1.807, 2.05) is 13.8 Å². The Morgan fingerprint density at radius 3 is 2.65 bits per heavy atom. The molecular weight excluding hydrogens is 221 g/mol. The van der Waals surface area contributed by atoms with Crippen LogP contribution in [0.2, 0.25) is 0 Å². The molecule has 0 aliphatic rings. The summed E-state index contributed by atoms with van der Waals surface area (Å²) in [4.78, 5) is 11.9. The predicted octanol–water partition coefficient (Wildman–Crippen LogP) is 2.53. The zero-order valence-corrected chi connectivity index (χ0v) is 10.4. The topological polar surface area (TPSA) is 52.3 Å². The maximum atomic E-state index is 13.1. The highest BCUT2D eigenvalue weighted by Gasteiger charge is 2.17. The summed E-state index contributed by atoms with van der Waals surface area (Å²) in [6, 6.07) is 3.92. The Labute approximate surface area is 101 Å². The Morgan fingerprint density at radius 1 is 1.47 bits per heavy atom. The van der Waals surface area contributed by atoms with Crippen LogP contribution in [0.4, 0.5) is 4.39 Å². The highest BCUT2D eigenvalue weighted by Crippen LogP contribution is 2.22. The highest BCUT2D eigenvalue weighted by molar-refractivity contribution is 5.98. The maximum Gasteiger partial charge on any atom is 0.166 e. The van der Waals surface area contributed by atoms with Crippen molar-refractivity contribution in [1.29, 1.82) is 0 Å². The second kappa shape index (κ2) is 5.27. The van der Waals surface area contributed by atoms with Gasteiger partial charge in [0.25, 0.3) is 0 Å². The summed E-state index contributed by atoms with van der Waals surface area (Å²) in [7, 11) is 1.46. The summed E-state index contributed by atoms with van der Waals surface area (Å²) >= 11 is 0. The molecule has 0 atom stereocenters. The lowest BCUT2D eigenvalue weighted by Gasteiger charge is -2.17. The summed E-state index contributed by atoms with van der Waals surface area (Å²) in [5.41, 5.74) is 5.67. The van der Waals surface area contributed by atoms with Gasteiger partial charge in [-0.25, -0.2) is 4.39 Å². The first-order valence-electron chi connectivity index (χ1n) is 5.49. The molecule has 3 nitrogen and oxygen atoms in total. The zero-order valence-electron chi connectivity index (χ0n) is 10.4. The van der Waals surface area contributed by atoms with Crippen molar-refractivity contribution in [2.24, 2.45) is 5.73 Å². The van der Waals surface area contributed by atoms with E-state index in [0.29, 0.717) is 12.2 Å². The lowest BCUT2D eigenvalue weighted by molar-refractivity contribution is 0.0969. The number of benzene rings is 1. The van der Waals surface area contributed by atoms with Gasteiger partial charge < -0.3 is 10.5 Å². The minimum Gasteiger partial charge on any atom is -0.496 e. The zero-order chi connectivity index (χ0) is 13.1. The third-order valence-corrected chi connectivity index (χ3v) is 2.46. The van der Waals surface area contributed by atoms with E-state index in [-0.39, 0.29) is 17.8 Å². The van der Waals surface area contributed by atoms with Crippen LogP contribution in [-0.2, 0) is 0 Å². The van der Waals surface area contributed by atoms with Gasteiger partial charge in [0.2, 0.25) is 0 Å². The predicted molar refractivity (Wildman–Crippen MR) is 64.8 cm³/mol. The molecule has 94 valence electrons. The monoisotopic (exact) mass is 239 g/mol. The Morgan fingerprint density at radius 2 is 2.12 bits per heavy atom. The molecule has 0 spiro atoms. The smallest absolute Gasteiger partial charge is 0.166 e. The van der Waals surface area contributed by atoms with Crippen LogP contribution in [0.1, 0.15) is 37.0 Å². The van der Waals surface area contributed by atoms with Gasteiger partial charge in [-0.2, -0.15) is 0 Å². The van der Waals surface area contributed by atoms with Crippen molar-refractivity contribution in [3.8, 4) is 5.75 Å². The first kappa shape index (κ1) is 13.6. The summed E-state index contributed by atoms with van der Waals surface area (Å²) in [5, 5.41) is 0. The van der Waals surface area contributed by atoms with E-state index in [4.69, 9.17) is 10.5 Å². The molecule has 0 aliphatic carbocycles. The average Bonchev–Trinajstić information content (AvgIpc) is 2.25. The van der Waals surface area contributed by atoms with Crippen molar-refractivity contribution in [3.63, 3.8) is 0 Å². The van der Waals surface area contributed by atoms with Crippen LogP contribution in [0.15, 0.2) is 18.2 Å². The van der Waals surface area contributed by atoms with Gasteiger partial charge in [0.1, 0.15) is 11.6 Å². The lowest BCUT2D eigenvalue weighted by Crippen LogP contribution is -2.32. The SMILES string of the molecule is COc1ccc(F)cc1C(=O)CCC(C)(C)N. The molecule has 0 aromatic heterocycles. The summed E-state index contributed by atoms with van der Waals surface area (Å²) < 4.78 is 18.1. The van der Waals surface area contributed by atoms with Crippen molar-refractivity contribution in [2.75, 3.05) is 7.11 Å². The normalized spacial score (nSPS) is 11.4. The largest absolute Gasteiger partial charge is 0.496 e. The number of rotatable bonds is 5. The van der Waals surface area contributed by atoms with Gasteiger partial charge in [-0.05, 0) is 38.5 Å². The summed E-state index contributed by atoms with van der Waals surface area (Å²) in [6.45, 7) is 3.70. The highest BCUT2D eigenvalue weighted by atomic mass is 19.1. The first-order valence-corrected chi connectivity index (χ1v) is 5.49. The maximum absolute atomic E-state index is 13.1. The number of ketones is 1. The molecule has 0 heterocycles. The standard InChI is InChI=1S/C13H18FNO2/c1-13(2,15)7-6-11(16)10-8-9(14)4-5-12(10)17-3/h4-5,8H,6-7,15H2,1-3H3. The van der Waals surface area contributed by atoms with Crippen molar-refractivity contribution in [2.45, 2.75) is 32.2 Å². The molecule has 0 saturated heterocycles. The number of carbonyl (C=O) groups is 1. The molecule has 1 aromatic carbocycles. The minimum absolute atomic E-state index is 0.153. The van der Waals surface area contributed by atoms with Gasteiger partial charge in [0.15, 0.2) is 5.78 Å². The third-order valence-electron chi connectivity index (χ3n) is 2.46. The molecule has 0 radical (unpaired) electrons. The fourth-order valence-electron chi connectivity index (χ4n) is 1.47. The molecule has 4 heteroatoms. The van der Waals surface area contributed by atoms with Gasteiger partial charge in [-0.1, -0.05) is 0 Å². The number of halogens is 1. The Balaban J connectivity index is 2.84. The number of nitrogens with two attached hydrogens (primary N) is 1. The third kappa shape index (κ3) is 4.15. The number of hydrogen-bond acceptors (Lipinski definition) is 3. The molecule has 2 N–H and O–H groups in total. The molecule has 0 unspecified atom stereocenters. The van der Waals surface area contributed by atoms with Crippen molar-refractivity contribution >= 4 is 5.78 Å². The second-order valence-corrected chi connectivity index (χ2v) is 4.76. The van der Waals surface area contributed by atoms with Crippen molar-refractivity contribution < 1.29 is 13.9 Å². The fraction of sp³-hybridized carbons (Fsp3) is 0.462. The number of hydrogen-bond donors (Lipinski definition) is 1. The first-order chi connectivity index (χ1) is 7.83. The van der Waals surface area contributed by atoms with Crippen LogP contribution in [0, 0.1) is 5.82 Å². The van der Waals surface area contributed by atoms with E-state index in [9.17, 15) is 9.18 Å². The Kier molecular flexibility index (Phi) is 4.23. The average molecular weight is 239 g/mol. The molecule has 17 heavy (non-hydrogen) atoms. The van der Waals surface area contributed by atoms with Gasteiger partial charge >= 0.3 is 0 Å². The van der Waals surface area contributed by atoms with E-state index in [1.54, 1.807) is 0 Å². The van der Waals surface area contributed by atoms with E-state index >= 15 is 0 Å². The molecule has 0 aliphatic heterocycles. The number of methoxy groups -OCH3 is 1. The summed E-state index contributed by atoms with van der Waals surface area (Å²) in [6.07, 6.45) is 0.828. The van der Waals surface area contributed by atoms with E-state index in [1.165, 1.54) is 25.3 Å². The molecule has 1 aromatic rings. The number of ether oxygens (including phenoxy) is 1. The van der Waals surface area contributed by atoms with Crippen molar-refractivity contribution in [3.05, 3.63) is 29.6 Å². The molecular formula is C13H18FNO2. The lowest BCUT2D eigenvalue weighted by atomic mass is 9.95. The molecule has 0 fully saturated rings. The molecule has 0 bridgehead atoms. The van der Waals surface area contributed by atoms with Crippen LogP contribution < -0.4 is 10.5 Å². The fourth-order valence-corrected chi connectivity index (χ4v) is 1.47. The Bertz CT molecular complexity index is 410. The van der Waals surface area contributed by atoms with Gasteiger partial charge in [0, 0.05) is 12.0 Å². The van der Waals surface area contributed by atoms with E-state index in [2.05, 4.69) is 0 Å². The van der Waals surface area contributed by atoms with Gasteiger partial charge in [-0.3, -0.25) is 4.79 Å². The quantitative estimate of drug-likeness (QED) is 0.803. The number of Topliss-reactive ketones (excluding diaryl/α,β-unsaturated/α-hetero) is 1. The van der Waals surface area contributed by atoms with Gasteiger partial charge in [-0.15, -0.1) is 0 Å². The van der Waals surface area contributed by atoms with E-state index < -0.39 is 11.4 Å². The van der Waals surface area contributed by atoms with Crippen LogP contribution in [0.3, 0.4) is 0 Å². The van der Waals surface area contributed by atoms with Crippen molar-refractivity contribution in [1.82, 2.24) is 0 Å². The van der Waals surface area contributed by atoms with Crippen LogP contribution in [0.25, 0.3) is 0 Å². The molecule has 0 amide bonds.